The van der Waals surface area contributed by atoms with Crippen molar-refractivity contribution in [2.24, 2.45) is 0 Å². The van der Waals surface area contributed by atoms with Crippen LogP contribution >= 0.6 is 0 Å². The normalized spacial score (nSPS) is 19.4. The Morgan fingerprint density at radius 1 is 1.17 bits per heavy atom. The molecular weight excluding hydrogens is 358 g/mol. The molecule has 29 heavy (non-hydrogen) atoms. The Balaban J connectivity index is 1.33. The van der Waals surface area contributed by atoms with Crippen molar-refractivity contribution < 1.29 is 4.79 Å². The molecule has 2 heterocycles. The molecule has 0 aliphatic carbocycles. The van der Waals surface area contributed by atoms with Crippen molar-refractivity contribution in [2.45, 2.75) is 51.6 Å². The number of hydrogen-bond donors (Lipinski definition) is 2. The van der Waals surface area contributed by atoms with Crippen LogP contribution in [0.15, 0.2) is 54.7 Å². The number of para-hydroxylation sites is 1. The Bertz CT molecular complexity index is 989. The number of fused-ring (bicyclic) bond motifs is 1. The molecule has 1 amide bonds. The number of aromatic amines is 1. The minimum absolute atomic E-state index is 0.141. The Labute approximate surface area is 173 Å². The molecule has 0 saturated carbocycles. The van der Waals surface area contributed by atoms with Gasteiger partial charge in [0.2, 0.25) is 5.91 Å². The van der Waals surface area contributed by atoms with Gasteiger partial charge in [0.15, 0.2) is 0 Å². The second kappa shape index (κ2) is 8.03. The summed E-state index contributed by atoms with van der Waals surface area (Å²) in [7, 11) is 0. The first kappa shape index (κ1) is 19.7. The van der Waals surface area contributed by atoms with Crippen LogP contribution in [-0.2, 0) is 17.8 Å². The van der Waals surface area contributed by atoms with Gasteiger partial charge in [0.1, 0.15) is 0 Å². The monoisotopic (exact) mass is 389 g/mol. The van der Waals surface area contributed by atoms with Gasteiger partial charge in [-0.15, -0.1) is 0 Å². The lowest BCUT2D eigenvalue weighted by molar-refractivity contribution is -0.141. The molecule has 1 atom stereocenters. The molecule has 0 radical (unpaired) electrons. The largest absolute Gasteiger partial charge is 0.361 e. The third-order valence-corrected chi connectivity index (χ3v) is 6.43. The van der Waals surface area contributed by atoms with Gasteiger partial charge in [-0.2, -0.15) is 0 Å². The highest BCUT2D eigenvalue weighted by Gasteiger charge is 2.46. The van der Waals surface area contributed by atoms with Crippen LogP contribution in [0.4, 0.5) is 0 Å². The van der Waals surface area contributed by atoms with E-state index in [1.165, 1.54) is 22.1 Å². The number of nitrogens with zero attached hydrogens (tertiary/aromatic N) is 1. The first-order valence-electron chi connectivity index (χ1n) is 10.6. The van der Waals surface area contributed by atoms with E-state index in [2.05, 4.69) is 84.6 Å². The predicted molar refractivity (Wildman–Crippen MR) is 119 cm³/mol. The molecule has 2 N–H and O–H groups in total. The van der Waals surface area contributed by atoms with Crippen LogP contribution in [-0.4, -0.2) is 34.4 Å². The molecule has 4 rings (SSSR count). The number of hydrogen-bond acceptors (Lipinski definition) is 2. The highest BCUT2D eigenvalue weighted by atomic mass is 16.2. The number of H-pyrrole nitrogens is 1. The van der Waals surface area contributed by atoms with Gasteiger partial charge in [0, 0.05) is 36.7 Å². The van der Waals surface area contributed by atoms with Crippen LogP contribution < -0.4 is 5.32 Å². The van der Waals surface area contributed by atoms with E-state index in [4.69, 9.17) is 0 Å². The van der Waals surface area contributed by atoms with Crippen molar-refractivity contribution >= 4 is 16.8 Å². The topological polar surface area (TPSA) is 48.1 Å². The number of aromatic nitrogens is 1. The summed E-state index contributed by atoms with van der Waals surface area (Å²) in [5.41, 5.74) is 4.62. The summed E-state index contributed by atoms with van der Waals surface area (Å²) in [6.07, 6.45) is 3.80. The molecule has 0 bridgehead atoms. The number of amides is 1. The third-order valence-electron chi connectivity index (χ3n) is 6.43. The van der Waals surface area contributed by atoms with Gasteiger partial charge in [-0.25, -0.2) is 0 Å². The van der Waals surface area contributed by atoms with Crippen LogP contribution in [0.5, 0.6) is 0 Å². The maximum Gasteiger partial charge on any atom is 0.240 e. The van der Waals surface area contributed by atoms with Gasteiger partial charge < -0.3 is 10.3 Å². The SMILES string of the molecule is CC(C)c1ccc(CN2CCC2(C)C(=O)NCCc2c[nH]c3ccccc23)cc1. The maximum absolute atomic E-state index is 12.9. The zero-order valence-corrected chi connectivity index (χ0v) is 17.7. The van der Waals surface area contributed by atoms with Crippen LogP contribution in [0.1, 0.15) is 49.8 Å². The molecule has 1 aliphatic heterocycles. The van der Waals surface area contributed by atoms with E-state index in [1.807, 2.05) is 6.07 Å². The molecule has 1 fully saturated rings. The summed E-state index contributed by atoms with van der Waals surface area (Å²) in [6.45, 7) is 8.94. The number of benzene rings is 2. The van der Waals surface area contributed by atoms with E-state index in [9.17, 15) is 4.79 Å². The quantitative estimate of drug-likeness (QED) is 0.620. The molecule has 2 aromatic carbocycles. The van der Waals surface area contributed by atoms with Gasteiger partial charge in [-0.1, -0.05) is 56.3 Å². The first-order valence-corrected chi connectivity index (χ1v) is 10.6. The number of rotatable bonds is 7. The van der Waals surface area contributed by atoms with Crippen LogP contribution in [0.2, 0.25) is 0 Å². The molecule has 152 valence electrons. The summed E-state index contributed by atoms with van der Waals surface area (Å²) in [4.78, 5) is 18.5. The highest BCUT2D eigenvalue weighted by molar-refractivity contribution is 5.87. The maximum atomic E-state index is 12.9. The first-order chi connectivity index (χ1) is 14.0. The second-order valence-electron chi connectivity index (χ2n) is 8.71. The fraction of sp³-hybridized carbons (Fsp3) is 0.400. The molecule has 0 spiro atoms. The Morgan fingerprint density at radius 3 is 2.62 bits per heavy atom. The summed E-state index contributed by atoms with van der Waals surface area (Å²) < 4.78 is 0. The lowest BCUT2D eigenvalue weighted by Crippen LogP contribution is -2.65. The second-order valence-corrected chi connectivity index (χ2v) is 8.71. The van der Waals surface area contributed by atoms with Crippen molar-refractivity contribution in [3.05, 3.63) is 71.4 Å². The average molecular weight is 390 g/mol. The molecule has 4 nitrogen and oxygen atoms in total. The summed E-state index contributed by atoms with van der Waals surface area (Å²) in [6, 6.07) is 17.1. The van der Waals surface area contributed by atoms with E-state index in [1.54, 1.807) is 0 Å². The smallest absolute Gasteiger partial charge is 0.240 e. The minimum Gasteiger partial charge on any atom is -0.361 e. The fourth-order valence-electron chi connectivity index (χ4n) is 4.18. The molecule has 1 unspecified atom stereocenters. The molecular formula is C25H31N3O. The van der Waals surface area contributed by atoms with Crippen molar-refractivity contribution in [1.29, 1.82) is 0 Å². The molecule has 1 aromatic heterocycles. The number of carbonyl (C=O) groups is 1. The van der Waals surface area contributed by atoms with Crippen LogP contribution in [0.3, 0.4) is 0 Å². The predicted octanol–water partition coefficient (Wildman–Crippen LogP) is 4.61. The van der Waals surface area contributed by atoms with Crippen LogP contribution in [0.25, 0.3) is 10.9 Å². The fourth-order valence-corrected chi connectivity index (χ4v) is 4.18. The zero-order valence-electron chi connectivity index (χ0n) is 17.7. The number of nitrogens with one attached hydrogen (secondary N) is 2. The molecule has 1 saturated heterocycles. The van der Waals surface area contributed by atoms with Crippen molar-refractivity contribution in [3.8, 4) is 0 Å². The number of likely N-dealkylation sites (tertiary alicyclic amines) is 1. The van der Waals surface area contributed by atoms with E-state index in [0.29, 0.717) is 12.5 Å². The van der Waals surface area contributed by atoms with Gasteiger partial charge >= 0.3 is 0 Å². The van der Waals surface area contributed by atoms with Gasteiger partial charge in [0.25, 0.3) is 0 Å². The highest BCUT2D eigenvalue weighted by Crippen LogP contribution is 2.32. The minimum atomic E-state index is -0.406. The van der Waals surface area contributed by atoms with Gasteiger partial charge in [-0.3, -0.25) is 9.69 Å². The van der Waals surface area contributed by atoms with Crippen molar-refractivity contribution in [2.75, 3.05) is 13.1 Å². The Morgan fingerprint density at radius 2 is 1.93 bits per heavy atom. The molecule has 1 aliphatic rings. The summed E-state index contributed by atoms with van der Waals surface area (Å²) in [5, 5.41) is 4.41. The Hall–Kier alpha value is -2.59. The van der Waals surface area contributed by atoms with Crippen molar-refractivity contribution in [3.63, 3.8) is 0 Å². The van der Waals surface area contributed by atoms with E-state index in [-0.39, 0.29) is 5.91 Å². The Kier molecular flexibility index (Phi) is 5.46. The van der Waals surface area contributed by atoms with E-state index >= 15 is 0 Å². The lowest BCUT2D eigenvalue weighted by Gasteiger charge is -2.49. The van der Waals surface area contributed by atoms with E-state index < -0.39 is 5.54 Å². The zero-order chi connectivity index (χ0) is 20.4. The van der Waals surface area contributed by atoms with Gasteiger partial charge in [0.05, 0.1) is 5.54 Å². The van der Waals surface area contributed by atoms with E-state index in [0.717, 1.165) is 31.4 Å². The molecule has 3 aromatic rings. The van der Waals surface area contributed by atoms with Gasteiger partial charge in [-0.05, 0) is 48.4 Å². The standard InChI is InChI=1S/C25H31N3O/c1-18(2)20-10-8-19(9-11-20)17-28-15-13-25(28,3)24(29)26-14-12-21-16-27-23-7-5-4-6-22(21)23/h4-11,16,18,27H,12-15,17H2,1-3H3,(H,26,29). The third kappa shape index (κ3) is 3.95. The average Bonchev–Trinajstić information content (AvgIpc) is 3.14. The molecule has 4 heteroatoms. The summed E-state index contributed by atoms with van der Waals surface area (Å²) in [5.74, 6) is 0.684. The number of carbonyl (C=O) groups excluding carboxylic acids is 1. The van der Waals surface area contributed by atoms with Crippen LogP contribution in [0, 0.1) is 0 Å². The van der Waals surface area contributed by atoms with Crippen molar-refractivity contribution in [1.82, 2.24) is 15.2 Å². The summed E-state index contributed by atoms with van der Waals surface area (Å²) >= 11 is 0. The lowest BCUT2D eigenvalue weighted by atomic mass is 9.85.